The minimum atomic E-state index is -0.554. The van der Waals surface area contributed by atoms with E-state index in [9.17, 15) is 9.59 Å². The summed E-state index contributed by atoms with van der Waals surface area (Å²) < 4.78 is 1.22. The number of aryl methyl sites for hydroxylation is 3. The fraction of sp³-hybridized carbons (Fsp3) is 0.348. The first-order chi connectivity index (χ1) is 15.2. The van der Waals surface area contributed by atoms with E-state index < -0.39 is 11.2 Å². The molecule has 0 saturated carbocycles. The van der Waals surface area contributed by atoms with Crippen molar-refractivity contribution < 1.29 is 0 Å². The number of hydrogen-bond acceptors (Lipinski definition) is 6. The number of aromatic amines is 2. The summed E-state index contributed by atoms with van der Waals surface area (Å²) in [6.45, 7) is 9.84. The lowest BCUT2D eigenvalue weighted by molar-refractivity contribution is 0.726. The Labute approximate surface area is 185 Å². The molecule has 3 aromatic heterocycles. The third-order valence-corrected chi connectivity index (χ3v) is 5.36. The van der Waals surface area contributed by atoms with Crippen LogP contribution in [-0.4, -0.2) is 36.8 Å². The van der Waals surface area contributed by atoms with Gasteiger partial charge in [0.05, 0.1) is 17.6 Å². The van der Waals surface area contributed by atoms with Crippen LogP contribution in [0.25, 0.3) is 16.9 Å². The maximum absolute atomic E-state index is 12.2. The Balaban J connectivity index is 0.00000141. The second-order valence-corrected chi connectivity index (χ2v) is 7.95. The molecule has 4 aromatic rings. The molecule has 0 aliphatic carbocycles. The number of benzene rings is 1. The molecule has 4 rings (SSSR count). The van der Waals surface area contributed by atoms with Gasteiger partial charge in [0.25, 0.3) is 5.56 Å². The molecule has 0 radical (unpaired) electrons. The first-order valence-electron chi connectivity index (χ1n) is 10.5. The predicted molar refractivity (Wildman–Crippen MR) is 126 cm³/mol. The van der Waals surface area contributed by atoms with E-state index in [-0.39, 0.29) is 5.69 Å². The third kappa shape index (κ3) is 4.38. The molecule has 4 N–H and O–H groups in total. The predicted octanol–water partition coefficient (Wildman–Crippen LogP) is 2.41. The summed E-state index contributed by atoms with van der Waals surface area (Å²) in [4.78, 5) is 38.7. The minimum absolute atomic E-state index is 0.241. The molecule has 9 nitrogen and oxygen atoms in total. The van der Waals surface area contributed by atoms with E-state index in [1.807, 2.05) is 32.2 Å². The zero-order chi connectivity index (χ0) is 23.6. The molecule has 0 unspecified atom stereocenters. The first-order valence-corrected chi connectivity index (χ1v) is 10.5. The molecule has 1 aromatic carbocycles. The lowest BCUT2D eigenvalue weighted by Gasteiger charge is -2.13. The van der Waals surface area contributed by atoms with Crippen LogP contribution in [0.5, 0.6) is 0 Å². The van der Waals surface area contributed by atoms with Gasteiger partial charge < -0.3 is 10.7 Å². The van der Waals surface area contributed by atoms with Crippen molar-refractivity contribution in [3.63, 3.8) is 0 Å². The van der Waals surface area contributed by atoms with Crippen molar-refractivity contribution in [3.05, 3.63) is 79.0 Å². The maximum atomic E-state index is 12.2. The molecule has 3 heterocycles. The van der Waals surface area contributed by atoms with E-state index in [4.69, 9.17) is 4.98 Å². The van der Waals surface area contributed by atoms with Crippen LogP contribution in [0.3, 0.4) is 0 Å². The fourth-order valence-electron chi connectivity index (χ4n) is 3.68. The SMILES string of the molecule is CN.Cc1cc(-n2nc(C)c(=O)[nH]c2=O)cc(C)c1Cc1cnc2[nH]cc(C(C)C)c2n1. The zero-order valence-corrected chi connectivity index (χ0v) is 19.3. The highest BCUT2D eigenvalue weighted by Crippen LogP contribution is 2.25. The van der Waals surface area contributed by atoms with Gasteiger partial charge in [0.2, 0.25) is 0 Å². The van der Waals surface area contributed by atoms with Gasteiger partial charge in [-0.15, -0.1) is 0 Å². The number of hydrogen-bond donors (Lipinski definition) is 3. The normalized spacial score (nSPS) is 11.0. The molecule has 0 fully saturated rings. The quantitative estimate of drug-likeness (QED) is 0.450. The van der Waals surface area contributed by atoms with Crippen LogP contribution in [0.1, 0.15) is 53.4 Å². The molecular weight excluding hydrogens is 406 g/mol. The van der Waals surface area contributed by atoms with E-state index in [1.165, 1.54) is 11.7 Å². The van der Waals surface area contributed by atoms with Crippen LogP contribution in [0.4, 0.5) is 0 Å². The van der Waals surface area contributed by atoms with Crippen LogP contribution in [0, 0.1) is 20.8 Å². The number of nitrogens with two attached hydrogens (primary N) is 1. The summed E-state index contributed by atoms with van der Waals surface area (Å²) >= 11 is 0. The highest BCUT2D eigenvalue weighted by Gasteiger charge is 2.14. The van der Waals surface area contributed by atoms with Crippen LogP contribution in [-0.2, 0) is 6.42 Å². The van der Waals surface area contributed by atoms with Crippen LogP contribution in [0.15, 0.2) is 34.1 Å². The monoisotopic (exact) mass is 435 g/mol. The molecule has 0 aliphatic heterocycles. The Hall–Kier alpha value is -3.59. The van der Waals surface area contributed by atoms with Gasteiger partial charge in [0, 0.05) is 18.2 Å². The molecule has 0 amide bonds. The Morgan fingerprint density at radius 1 is 1.09 bits per heavy atom. The summed E-state index contributed by atoms with van der Waals surface area (Å²) in [5, 5.41) is 4.13. The lowest BCUT2D eigenvalue weighted by atomic mass is 9.97. The van der Waals surface area contributed by atoms with Gasteiger partial charge in [0.15, 0.2) is 5.65 Å². The topological polar surface area (TPSA) is 135 Å². The molecule has 0 saturated heterocycles. The number of nitrogens with zero attached hydrogens (tertiary/aromatic N) is 4. The minimum Gasteiger partial charge on any atom is -0.345 e. The average Bonchev–Trinajstić information content (AvgIpc) is 3.18. The van der Waals surface area contributed by atoms with Gasteiger partial charge >= 0.3 is 5.69 Å². The Morgan fingerprint density at radius 2 is 1.75 bits per heavy atom. The van der Waals surface area contributed by atoms with Crippen molar-refractivity contribution in [2.24, 2.45) is 5.73 Å². The number of fused-ring (bicyclic) bond motifs is 1. The van der Waals surface area contributed by atoms with E-state index in [0.29, 0.717) is 18.0 Å². The van der Waals surface area contributed by atoms with Crippen LogP contribution < -0.4 is 17.0 Å². The fourth-order valence-corrected chi connectivity index (χ4v) is 3.68. The summed E-state index contributed by atoms with van der Waals surface area (Å²) in [6.07, 6.45) is 4.41. The first kappa shape index (κ1) is 23.1. The van der Waals surface area contributed by atoms with Gasteiger partial charge in [-0.25, -0.2) is 14.8 Å². The van der Waals surface area contributed by atoms with Crippen LogP contribution in [0.2, 0.25) is 0 Å². The van der Waals surface area contributed by atoms with Gasteiger partial charge in [-0.2, -0.15) is 9.78 Å². The number of rotatable bonds is 4. The van der Waals surface area contributed by atoms with Crippen LogP contribution >= 0.6 is 0 Å². The molecule has 0 bridgehead atoms. The Bertz CT molecular complexity index is 1360. The molecule has 0 aliphatic rings. The van der Waals surface area contributed by atoms with Crippen molar-refractivity contribution in [2.45, 2.75) is 47.0 Å². The van der Waals surface area contributed by atoms with E-state index in [2.05, 4.69) is 39.6 Å². The smallest absolute Gasteiger partial charge is 0.345 e. The molecule has 0 spiro atoms. The van der Waals surface area contributed by atoms with Gasteiger partial charge in [-0.05, 0) is 62.6 Å². The standard InChI is InChI=1S/C22H24N6O2.CH5N/c1-11(2)18-10-24-20-19(18)25-15(9-23-20)8-17-12(3)6-16(7-13(17)4)28-22(30)26-21(29)14(5)27-28;1-2/h6-7,9-11H,8H2,1-5H3,(H,23,24)(H,26,29,30);2H2,1H3. The highest BCUT2D eigenvalue weighted by atomic mass is 16.2. The molecule has 0 atom stereocenters. The van der Waals surface area contributed by atoms with Crippen molar-refractivity contribution in [1.82, 2.24) is 29.7 Å². The van der Waals surface area contributed by atoms with Crippen molar-refractivity contribution in [3.8, 4) is 5.69 Å². The summed E-state index contributed by atoms with van der Waals surface area (Å²) in [7, 11) is 1.50. The van der Waals surface area contributed by atoms with E-state index in [1.54, 1.807) is 13.1 Å². The van der Waals surface area contributed by atoms with Gasteiger partial charge in [0.1, 0.15) is 11.2 Å². The van der Waals surface area contributed by atoms with E-state index >= 15 is 0 Å². The zero-order valence-electron chi connectivity index (χ0n) is 19.3. The second-order valence-electron chi connectivity index (χ2n) is 7.95. The van der Waals surface area contributed by atoms with Gasteiger partial charge in [-0.1, -0.05) is 13.8 Å². The highest BCUT2D eigenvalue weighted by molar-refractivity contribution is 5.75. The number of aromatic nitrogens is 6. The van der Waals surface area contributed by atoms with Crippen molar-refractivity contribution in [2.75, 3.05) is 7.05 Å². The summed E-state index contributed by atoms with van der Waals surface area (Å²) in [5.41, 5.74) is 11.2. The Morgan fingerprint density at radius 3 is 2.38 bits per heavy atom. The van der Waals surface area contributed by atoms with Crippen molar-refractivity contribution in [1.29, 1.82) is 0 Å². The number of H-pyrrole nitrogens is 2. The van der Waals surface area contributed by atoms with Gasteiger partial charge in [-0.3, -0.25) is 9.78 Å². The maximum Gasteiger partial charge on any atom is 0.349 e. The number of nitrogens with one attached hydrogen (secondary N) is 2. The molecular formula is C23H29N7O2. The lowest BCUT2D eigenvalue weighted by Crippen LogP contribution is -2.33. The second kappa shape index (κ2) is 9.27. The third-order valence-electron chi connectivity index (χ3n) is 5.36. The summed E-state index contributed by atoms with van der Waals surface area (Å²) in [5.74, 6) is 0.359. The molecule has 9 heteroatoms. The summed E-state index contributed by atoms with van der Waals surface area (Å²) in [6, 6.07) is 3.80. The average molecular weight is 436 g/mol. The van der Waals surface area contributed by atoms with Crippen molar-refractivity contribution >= 4 is 11.2 Å². The molecule has 168 valence electrons. The Kier molecular flexibility index (Phi) is 6.69. The largest absolute Gasteiger partial charge is 0.349 e. The molecule has 32 heavy (non-hydrogen) atoms. The van der Waals surface area contributed by atoms with E-state index in [0.717, 1.165) is 39.1 Å².